The second kappa shape index (κ2) is 7.40. The van der Waals surface area contributed by atoms with E-state index in [9.17, 15) is 14.0 Å². The van der Waals surface area contributed by atoms with E-state index in [4.69, 9.17) is 4.74 Å². The van der Waals surface area contributed by atoms with Gasteiger partial charge in [0.2, 0.25) is 5.82 Å². The number of aryl methyl sites for hydroxylation is 2. The molecule has 1 fully saturated rings. The normalized spacial score (nSPS) is 21.1. The van der Waals surface area contributed by atoms with Crippen LogP contribution in [-0.2, 0) is 0 Å². The number of nitrogens with zero attached hydrogens (tertiary/aromatic N) is 5. The van der Waals surface area contributed by atoms with Crippen molar-refractivity contribution in [2.45, 2.75) is 39.2 Å². The van der Waals surface area contributed by atoms with Crippen molar-refractivity contribution in [1.29, 1.82) is 0 Å². The number of hydrogen-bond acceptors (Lipinski definition) is 6. The van der Waals surface area contributed by atoms with Crippen LogP contribution < -0.4 is 4.74 Å². The van der Waals surface area contributed by atoms with Gasteiger partial charge in [-0.1, -0.05) is 0 Å². The molecule has 31 heavy (non-hydrogen) atoms. The second-order valence-corrected chi connectivity index (χ2v) is 8.26. The fourth-order valence-corrected chi connectivity index (χ4v) is 4.48. The molecule has 0 saturated carbocycles. The van der Waals surface area contributed by atoms with E-state index in [1.165, 1.54) is 18.2 Å². The molecule has 2 aliphatic heterocycles. The van der Waals surface area contributed by atoms with Gasteiger partial charge in [0, 0.05) is 36.8 Å². The van der Waals surface area contributed by atoms with E-state index >= 15 is 0 Å². The van der Waals surface area contributed by atoms with E-state index in [0.717, 1.165) is 24.2 Å². The molecule has 2 aromatic heterocycles. The maximum Gasteiger partial charge on any atom is 0.293 e. The van der Waals surface area contributed by atoms with Crippen LogP contribution in [0.1, 0.15) is 51.6 Å². The van der Waals surface area contributed by atoms with Gasteiger partial charge in [-0.05, 0) is 51.0 Å². The summed E-state index contributed by atoms with van der Waals surface area (Å²) in [6, 6.07) is 5.89. The first-order valence-corrected chi connectivity index (χ1v) is 10.4. The van der Waals surface area contributed by atoms with Crippen LogP contribution in [-0.4, -0.2) is 55.4 Å². The summed E-state index contributed by atoms with van der Waals surface area (Å²) < 4.78 is 21.1. The number of fused-ring (bicyclic) bond motifs is 2. The van der Waals surface area contributed by atoms with Crippen molar-refractivity contribution in [3.05, 3.63) is 52.9 Å². The smallest absolute Gasteiger partial charge is 0.293 e. The van der Waals surface area contributed by atoms with Crippen molar-refractivity contribution in [2.24, 2.45) is 5.92 Å². The number of Topliss-reactive ketones (excluding diaryl/α,β-unsaturated/α-hetero) is 1. The van der Waals surface area contributed by atoms with Crippen molar-refractivity contribution < 1.29 is 18.7 Å². The second-order valence-electron chi connectivity index (χ2n) is 8.26. The van der Waals surface area contributed by atoms with Crippen LogP contribution in [0.25, 0.3) is 5.78 Å². The molecule has 2 aliphatic rings. The number of halogens is 1. The molecule has 5 rings (SSSR count). The summed E-state index contributed by atoms with van der Waals surface area (Å²) in [5, 5.41) is 4.35. The number of ether oxygens (including phenoxy) is 1. The minimum Gasteiger partial charge on any atom is -0.489 e. The highest BCUT2D eigenvalue weighted by molar-refractivity contribution is 6.00. The first-order valence-electron chi connectivity index (χ1n) is 10.4. The molecule has 0 N–H and O–H groups in total. The Bertz CT molecular complexity index is 1210. The number of amides is 1. The molecule has 1 aromatic carbocycles. The van der Waals surface area contributed by atoms with E-state index < -0.39 is 5.82 Å². The lowest BCUT2D eigenvalue weighted by Gasteiger charge is -2.38. The first-order chi connectivity index (χ1) is 14.9. The zero-order chi connectivity index (χ0) is 21.7. The third-order valence-corrected chi connectivity index (χ3v) is 5.99. The number of piperidine rings is 1. The van der Waals surface area contributed by atoms with E-state index in [0.29, 0.717) is 24.6 Å². The van der Waals surface area contributed by atoms with Gasteiger partial charge in [-0.3, -0.25) is 9.59 Å². The van der Waals surface area contributed by atoms with Crippen LogP contribution in [0.2, 0.25) is 0 Å². The molecule has 2 atom stereocenters. The van der Waals surface area contributed by atoms with Crippen LogP contribution in [0, 0.1) is 25.6 Å². The molecule has 8 nitrogen and oxygen atoms in total. The van der Waals surface area contributed by atoms with Gasteiger partial charge in [-0.25, -0.2) is 13.9 Å². The number of aromatic nitrogens is 4. The maximum absolute atomic E-state index is 13.5. The third kappa shape index (κ3) is 3.54. The van der Waals surface area contributed by atoms with Gasteiger partial charge in [-0.2, -0.15) is 4.98 Å². The van der Waals surface area contributed by atoms with Gasteiger partial charge >= 0.3 is 0 Å². The quantitative estimate of drug-likeness (QED) is 0.630. The number of likely N-dealkylation sites (tertiary alicyclic amines) is 1. The highest BCUT2D eigenvalue weighted by Gasteiger charge is 2.37. The van der Waals surface area contributed by atoms with Crippen LogP contribution in [0.15, 0.2) is 24.3 Å². The Kier molecular flexibility index (Phi) is 4.68. The summed E-state index contributed by atoms with van der Waals surface area (Å²) in [4.78, 5) is 36.0. The highest BCUT2D eigenvalue weighted by Crippen LogP contribution is 2.34. The largest absolute Gasteiger partial charge is 0.489 e. The molecule has 1 amide bonds. The van der Waals surface area contributed by atoms with Crippen molar-refractivity contribution >= 4 is 17.5 Å². The van der Waals surface area contributed by atoms with Crippen molar-refractivity contribution in [3.8, 4) is 5.75 Å². The fourth-order valence-electron chi connectivity index (χ4n) is 4.48. The van der Waals surface area contributed by atoms with Crippen LogP contribution in [0.5, 0.6) is 5.75 Å². The Labute approximate surface area is 178 Å². The topological polar surface area (TPSA) is 89.7 Å². The lowest BCUT2D eigenvalue weighted by atomic mass is 9.87. The summed E-state index contributed by atoms with van der Waals surface area (Å²) in [6.07, 6.45) is 1.47. The average Bonchev–Trinajstić information content (AvgIpc) is 3.18. The number of benzene rings is 1. The summed E-state index contributed by atoms with van der Waals surface area (Å²) in [7, 11) is 0. The van der Waals surface area contributed by atoms with E-state index in [1.807, 2.05) is 19.9 Å². The summed E-state index contributed by atoms with van der Waals surface area (Å²) in [5.41, 5.74) is 1.95. The molecule has 0 unspecified atom stereocenters. The number of carbonyl (C=O) groups is 2. The number of hydrogen-bond donors (Lipinski definition) is 0. The van der Waals surface area contributed by atoms with Crippen LogP contribution in [0.4, 0.5) is 4.39 Å². The average molecular weight is 423 g/mol. The van der Waals surface area contributed by atoms with Crippen LogP contribution in [0.3, 0.4) is 0 Å². The minimum absolute atomic E-state index is 0.000935. The number of ketones is 1. The zero-order valence-electron chi connectivity index (χ0n) is 17.3. The fraction of sp³-hybridized carbons (Fsp3) is 0.409. The molecule has 3 aromatic rings. The summed E-state index contributed by atoms with van der Waals surface area (Å²) in [6.45, 7) is 4.81. The molecule has 0 radical (unpaired) electrons. The van der Waals surface area contributed by atoms with Gasteiger partial charge in [0.1, 0.15) is 17.7 Å². The maximum atomic E-state index is 13.5. The van der Waals surface area contributed by atoms with Crippen LogP contribution >= 0.6 is 0 Å². The molecule has 0 spiro atoms. The third-order valence-electron chi connectivity index (χ3n) is 5.99. The predicted octanol–water partition coefficient (Wildman–Crippen LogP) is 2.77. The standard InChI is InChI=1S/C22H22FN5O3/c1-12-8-13(2)28-22(24-12)25-20(26-28)21(30)27-7-3-4-14(11-27)19-10-17(29)16-9-15(23)5-6-18(16)31-19/h5-6,8-9,14,19H,3-4,7,10-11H2,1-2H3/t14-,19+/m1/s1. The molecule has 4 heterocycles. The van der Waals surface area contributed by atoms with E-state index in [-0.39, 0.29) is 41.5 Å². The lowest BCUT2D eigenvalue weighted by molar-refractivity contribution is 0.0402. The van der Waals surface area contributed by atoms with Gasteiger partial charge in [0.25, 0.3) is 11.7 Å². The summed E-state index contributed by atoms with van der Waals surface area (Å²) >= 11 is 0. The molecular formula is C22H22FN5O3. The molecule has 0 aliphatic carbocycles. The Morgan fingerprint density at radius 3 is 2.90 bits per heavy atom. The predicted molar refractivity (Wildman–Crippen MR) is 109 cm³/mol. The number of carbonyl (C=O) groups excluding carboxylic acids is 2. The van der Waals surface area contributed by atoms with Crippen molar-refractivity contribution in [2.75, 3.05) is 13.1 Å². The number of rotatable bonds is 2. The van der Waals surface area contributed by atoms with E-state index in [1.54, 1.807) is 9.42 Å². The van der Waals surface area contributed by atoms with E-state index in [2.05, 4.69) is 15.1 Å². The van der Waals surface area contributed by atoms with Gasteiger partial charge in [0.05, 0.1) is 5.56 Å². The SMILES string of the molecule is Cc1cc(C)n2nc(C(=O)N3CCC[C@@H]([C@@H]4CC(=O)c5cc(F)ccc5O4)C3)nc2n1. The monoisotopic (exact) mass is 423 g/mol. The molecule has 0 bridgehead atoms. The van der Waals surface area contributed by atoms with Crippen molar-refractivity contribution in [3.63, 3.8) is 0 Å². The van der Waals surface area contributed by atoms with Gasteiger partial charge < -0.3 is 9.64 Å². The lowest BCUT2D eigenvalue weighted by Crippen LogP contribution is -2.46. The van der Waals surface area contributed by atoms with Gasteiger partial charge in [-0.15, -0.1) is 5.10 Å². The van der Waals surface area contributed by atoms with Gasteiger partial charge in [0.15, 0.2) is 5.78 Å². The molecule has 1 saturated heterocycles. The Hall–Kier alpha value is -3.36. The Morgan fingerprint density at radius 1 is 1.23 bits per heavy atom. The van der Waals surface area contributed by atoms with Crippen molar-refractivity contribution in [1.82, 2.24) is 24.5 Å². The summed E-state index contributed by atoms with van der Waals surface area (Å²) in [5.74, 6) is 0.0836. The Morgan fingerprint density at radius 2 is 2.06 bits per heavy atom. The first kappa shape index (κ1) is 19.6. The zero-order valence-corrected chi connectivity index (χ0v) is 17.3. The molecular weight excluding hydrogens is 401 g/mol. The Balaban J connectivity index is 1.35. The molecule has 160 valence electrons. The highest BCUT2D eigenvalue weighted by atomic mass is 19.1. The molecule has 9 heteroatoms. The minimum atomic E-state index is -0.455.